The Morgan fingerprint density at radius 2 is 2.12 bits per heavy atom. The number of aromatic amines is 1. The Labute approximate surface area is 155 Å². The molecule has 2 heterocycles. The third-order valence-corrected chi connectivity index (χ3v) is 4.73. The smallest absolute Gasteiger partial charge is 0.224 e. The van der Waals surface area contributed by atoms with E-state index in [-0.39, 0.29) is 25.0 Å². The van der Waals surface area contributed by atoms with Gasteiger partial charge in [0.15, 0.2) is 0 Å². The van der Waals surface area contributed by atoms with Gasteiger partial charge in [-0.1, -0.05) is 29.3 Å². The summed E-state index contributed by atoms with van der Waals surface area (Å²) in [5.41, 5.74) is 2.43. The van der Waals surface area contributed by atoms with E-state index in [4.69, 9.17) is 23.2 Å². The van der Waals surface area contributed by atoms with E-state index in [1.54, 1.807) is 30.6 Å². The molecule has 7 heteroatoms. The van der Waals surface area contributed by atoms with Crippen LogP contribution in [0.4, 0.5) is 0 Å². The van der Waals surface area contributed by atoms with Gasteiger partial charge < -0.3 is 15.4 Å². The van der Waals surface area contributed by atoms with Crippen molar-refractivity contribution in [2.24, 2.45) is 0 Å². The SMILES string of the molecule is O=C(Cc1c[nH]c2ncccc12)NC(CCO)c1ccc(Cl)c(Cl)c1. The summed E-state index contributed by atoms with van der Waals surface area (Å²) >= 11 is 12.0. The summed E-state index contributed by atoms with van der Waals surface area (Å²) in [7, 11) is 0. The summed E-state index contributed by atoms with van der Waals surface area (Å²) in [6, 6.07) is 8.61. The number of amides is 1. The molecule has 0 saturated heterocycles. The molecule has 130 valence electrons. The minimum absolute atomic E-state index is 0.0534. The lowest BCUT2D eigenvalue weighted by atomic mass is 10.0. The number of nitrogens with one attached hydrogen (secondary N) is 2. The summed E-state index contributed by atoms with van der Waals surface area (Å²) in [5.74, 6) is -0.144. The van der Waals surface area contributed by atoms with Crippen molar-refractivity contribution in [1.82, 2.24) is 15.3 Å². The second-order valence-corrected chi connectivity index (χ2v) is 6.51. The first-order valence-electron chi connectivity index (χ1n) is 7.84. The van der Waals surface area contributed by atoms with E-state index in [9.17, 15) is 9.90 Å². The number of aliphatic hydroxyl groups excluding tert-OH is 1. The second kappa shape index (κ2) is 7.87. The lowest BCUT2D eigenvalue weighted by Gasteiger charge is -2.19. The number of aromatic nitrogens is 2. The monoisotopic (exact) mass is 377 g/mol. The Kier molecular flexibility index (Phi) is 5.58. The predicted octanol–water partition coefficient (Wildman–Crippen LogP) is 3.65. The highest BCUT2D eigenvalue weighted by atomic mass is 35.5. The fourth-order valence-electron chi connectivity index (χ4n) is 2.76. The molecular formula is C18H17Cl2N3O2. The van der Waals surface area contributed by atoms with Crippen LogP contribution in [0.5, 0.6) is 0 Å². The van der Waals surface area contributed by atoms with Gasteiger partial charge in [-0.3, -0.25) is 4.79 Å². The van der Waals surface area contributed by atoms with Gasteiger partial charge in [0.25, 0.3) is 0 Å². The van der Waals surface area contributed by atoms with Gasteiger partial charge in [0.1, 0.15) is 5.65 Å². The largest absolute Gasteiger partial charge is 0.396 e. The molecule has 1 unspecified atom stereocenters. The van der Waals surface area contributed by atoms with Crippen molar-refractivity contribution >= 4 is 40.1 Å². The number of hydrogen-bond donors (Lipinski definition) is 3. The van der Waals surface area contributed by atoms with Gasteiger partial charge in [-0.05, 0) is 41.8 Å². The van der Waals surface area contributed by atoms with Crippen molar-refractivity contribution in [3.05, 3.63) is 63.9 Å². The Morgan fingerprint density at radius 1 is 1.28 bits per heavy atom. The summed E-state index contributed by atoms with van der Waals surface area (Å²) in [6.07, 6.45) is 4.09. The molecule has 0 radical (unpaired) electrons. The fraction of sp³-hybridized carbons (Fsp3) is 0.222. The molecule has 0 spiro atoms. The molecule has 0 fully saturated rings. The van der Waals surface area contributed by atoms with E-state index < -0.39 is 0 Å². The van der Waals surface area contributed by atoms with Crippen molar-refractivity contribution in [2.75, 3.05) is 6.61 Å². The van der Waals surface area contributed by atoms with Gasteiger partial charge in [-0.2, -0.15) is 0 Å². The first-order valence-corrected chi connectivity index (χ1v) is 8.60. The number of carbonyl (C=O) groups excluding carboxylic acids is 1. The van der Waals surface area contributed by atoms with E-state index in [1.807, 2.05) is 12.1 Å². The van der Waals surface area contributed by atoms with Crippen LogP contribution in [0.1, 0.15) is 23.6 Å². The maximum atomic E-state index is 12.5. The Morgan fingerprint density at radius 3 is 2.88 bits per heavy atom. The maximum Gasteiger partial charge on any atom is 0.224 e. The third-order valence-electron chi connectivity index (χ3n) is 3.99. The average molecular weight is 378 g/mol. The summed E-state index contributed by atoms with van der Waals surface area (Å²) in [6.45, 7) is -0.0534. The highest BCUT2D eigenvalue weighted by molar-refractivity contribution is 6.42. The number of benzene rings is 1. The Hall–Kier alpha value is -2.08. The van der Waals surface area contributed by atoms with E-state index in [0.29, 0.717) is 16.5 Å². The molecule has 3 N–H and O–H groups in total. The van der Waals surface area contributed by atoms with Gasteiger partial charge in [0, 0.05) is 24.4 Å². The highest BCUT2D eigenvalue weighted by Crippen LogP contribution is 2.27. The number of nitrogens with zero attached hydrogens (tertiary/aromatic N) is 1. The highest BCUT2D eigenvalue weighted by Gasteiger charge is 2.17. The van der Waals surface area contributed by atoms with Crippen LogP contribution >= 0.6 is 23.2 Å². The number of pyridine rings is 1. The zero-order chi connectivity index (χ0) is 17.8. The zero-order valence-electron chi connectivity index (χ0n) is 13.3. The number of halogens is 2. The molecule has 1 amide bonds. The molecule has 3 aromatic rings. The normalized spacial score (nSPS) is 12.3. The van der Waals surface area contributed by atoms with Crippen LogP contribution in [-0.4, -0.2) is 27.6 Å². The van der Waals surface area contributed by atoms with Gasteiger partial charge in [-0.15, -0.1) is 0 Å². The molecule has 0 bridgehead atoms. The first-order chi connectivity index (χ1) is 12.1. The summed E-state index contributed by atoms with van der Waals surface area (Å²) in [4.78, 5) is 19.8. The molecule has 1 atom stereocenters. The molecule has 25 heavy (non-hydrogen) atoms. The number of fused-ring (bicyclic) bond motifs is 1. The van der Waals surface area contributed by atoms with Crippen LogP contribution < -0.4 is 5.32 Å². The minimum Gasteiger partial charge on any atom is -0.396 e. The third kappa shape index (κ3) is 4.12. The zero-order valence-corrected chi connectivity index (χ0v) is 14.8. The van der Waals surface area contributed by atoms with Gasteiger partial charge >= 0.3 is 0 Å². The van der Waals surface area contributed by atoms with Crippen molar-refractivity contribution in [2.45, 2.75) is 18.9 Å². The number of H-pyrrole nitrogens is 1. The standard InChI is InChI=1S/C18H17Cl2N3O2/c19-14-4-3-11(8-15(14)20)16(5-7-24)23-17(25)9-12-10-22-18-13(12)2-1-6-21-18/h1-4,6,8,10,16,24H,5,7,9H2,(H,21,22)(H,23,25). The van der Waals surface area contributed by atoms with Crippen LogP contribution in [0.3, 0.4) is 0 Å². The second-order valence-electron chi connectivity index (χ2n) is 5.70. The molecule has 1 aromatic carbocycles. The quantitative estimate of drug-likeness (QED) is 0.613. The van der Waals surface area contributed by atoms with Crippen molar-refractivity contribution in [3.8, 4) is 0 Å². The van der Waals surface area contributed by atoms with Crippen LogP contribution in [0.15, 0.2) is 42.7 Å². The molecule has 0 aliphatic heterocycles. The van der Waals surface area contributed by atoms with Crippen LogP contribution in [0.25, 0.3) is 11.0 Å². The van der Waals surface area contributed by atoms with Gasteiger partial charge in [0.05, 0.1) is 22.5 Å². The molecular weight excluding hydrogens is 361 g/mol. The first kappa shape index (κ1) is 17.7. The van der Waals surface area contributed by atoms with E-state index in [1.165, 1.54) is 0 Å². The number of carbonyl (C=O) groups is 1. The van der Waals surface area contributed by atoms with Crippen molar-refractivity contribution in [1.29, 1.82) is 0 Å². The van der Waals surface area contributed by atoms with Gasteiger partial charge in [0.2, 0.25) is 5.91 Å². The molecule has 2 aromatic heterocycles. The molecule has 0 aliphatic carbocycles. The Balaban J connectivity index is 1.75. The van der Waals surface area contributed by atoms with Crippen molar-refractivity contribution in [3.63, 3.8) is 0 Å². The van der Waals surface area contributed by atoms with Crippen LogP contribution in [0, 0.1) is 0 Å². The summed E-state index contributed by atoms with van der Waals surface area (Å²) in [5, 5.41) is 14.0. The van der Waals surface area contributed by atoms with E-state index >= 15 is 0 Å². The number of rotatable bonds is 6. The van der Waals surface area contributed by atoms with Crippen LogP contribution in [0.2, 0.25) is 10.0 Å². The molecule has 3 rings (SSSR count). The minimum atomic E-state index is -0.337. The topological polar surface area (TPSA) is 78.0 Å². The van der Waals surface area contributed by atoms with Crippen molar-refractivity contribution < 1.29 is 9.90 Å². The number of hydrogen-bond acceptors (Lipinski definition) is 3. The summed E-state index contributed by atoms with van der Waals surface area (Å²) < 4.78 is 0. The Bertz CT molecular complexity index is 895. The van der Waals surface area contributed by atoms with Gasteiger partial charge in [-0.25, -0.2) is 4.98 Å². The van der Waals surface area contributed by atoms with E-state index in [0.717, 1.165) is 22.2 Å². The lowest BCUT2D eigenvalue weighted by Crippen LogP contribution is -2.30. The maximum absolute atomic E-state index is 12.5. The molecule has 0 aliphatic rings. The predicted molar refractivity (Wildman–Crippen MR) is 98.8 cm³/mol. The molecule has 0 saturated carbocycles. The fourth-order valence-corrected chi connectivity index (χ4v) is 3.06. The van der Waals surface area contributed by atoms with E-state index in [2.05, 4.69) is 15.3 Å². The van der Waals surface area contributed by atoms with Crippen LogP contribution in [-0.2, 0) is 11.2 Å². The lowest BCUT2D eigenvalue weighted by molar-refractivity contribution is -0.121. The molecule has 5 nitrogen and oxygen atoms in total. The number of aliphatic hydroxyl groups is 1. The average Bonchev–Trinajstić information content (AvgIpc) is 3.00.